The van der Waals surface area contributed by atoms with Gasteiger partial charge in [-0.1, -0.05) is 44.2 Å². The van der Waals surface area contributed by atoms with Gasteiger partial charge in [-0.2, -0.15) is 0 Å². The fourth-order valence-electron chi connectivity index (χ4n) is 3.19. The number of carbonyl (C=O) groups is 3. The monoisotopic (exact) mass is 316 g/mol. The average molecular weight is 316 g/mol. The van der Waals surface area contributed by atoms with E-state index in [9.17, 15) is 14.4 Å². The third-order valence-electron chi connectivity index (χ3n) is 4.14. The van der Waals surface area contributed by atoms with E-state index in [0.29, 0.717) is 12.3 Å². The molecular weight excluding hydrogens is 292 g/mol. The van der Waals surface area contributed by atoms with Crippen LogP contribution in [0.5, 0.6) is 0 Å². The van der Waals surface area contributed by atoms with Crippen LogP contribution in [-0.2, 0) is 9.59 Å². The fourth-order valence-corrected chi connectivity index (χ4v) is 3.19. The third kappa shape index (κ3) is 4.41. The lowest BCUT2D eigenvalue weighted by molar-refractivity contribution is -0.137. The number of nitrogens with one attached hydrogen (secondary N) is 1. The van der Waals surface area contributed by atoms with E-state index in [1.54, 1.807) is 0 Å². The maximum absolute atomic E-state index is 12.0. The smallest absolute Gasteiger partial charge is 0.277 e. The first-order chi connectivity index (χ1) is 10.9. The van der Waals surface area contributed by atoms with Gasteiger partial charge in [-0.3, -0.25) is 19.8 Å². The minimum absolute atomic E-state index is 0.250. The Bertz CT molecular complexity index is 563. The SMILES string of the molecule is CC(C)CC(CC(C)N1C(=O)CC(=O)NC1=O)c1ccccc1. The van der Waals surface area contributed by atoms with Crippen LogP contribution in [0, 0.1) is 5.92 Å². The number of urea groups is 1. The standard InChI is InChI=1S/C18H24N2O3/c1-12(2)9-15(14-7-5-4-6-8-14)10-13(3)20-17(22)11-16(21)19-18(20)23/h4-8,12-13,15H,9-11H2,1-3H3,(H,19,21,23). The zero-order chi connectivity index (χ0) is 17.0. The summed E-state index contributed by atoms with van der Waals surface area (Å²) >= 11 is 0. The Hall–Kier alpha value is -2.17. The molecule has 2 rings (SSSR count). The van der Waals surface area contributed by atoms with Gasteiger partial charge in [0.25, 0.3) is 0 Å². The summed E-state index contributed by atoms with van der Waals surface area (Å²) in [5.41, 5.74) is 1.22. The number of hydrogen-bond acceptors (Lipinski definition) is 3. The molecule has 1 aromatic rings. The quantitative estimate of drug-likeness (QED) is 0.820. The number of hydrogen-bond donors (Lipinski definition) is 1. The lowest BCUT2D eigenvalue weighted by Gasteiger charge is -2.33. The highest BCUT2D eigenvalue weighted by Crippen LogP contribution is 2.30. The number of amides is 4. The Morgan fingerprint density at radius 2 is 1.70 bits per heavy atom. The van der Waals surface area contributed by atoms with Crippen LogP contribution in [0.4, 0.5) is 4.79 Å². The van der Waals surface area contributed by atoms with Gasteiger partial charge >= 0.3 is 6.03 Å². The normalized spacial score (nSPS) is 18.1. The Balaban J connectivity index is 2.14. The van der Waals surface area contributed by atoms with Crippen LogP contribution in [0.3, 0.4) is 0 Å². The van der Waals surface area contributed by atoms with Gasteiger partial charge in [0.05, 0.1) is 0 Å². The molecule has 5 heteroatoms. The number of barbiturate groups is 1. The van der Waals surface area contributed by atoms with Crippen molar-refractivity contribution in [3.63, 3.8) is 0 Å². The zero-order valence-electron chi connectivity index (χ0n) is 13.9. The van der Waals surface area contributed by atoms with Gasteiger partial charge in [0.2, 0.25) is 11.8 Å². The van der Waals surface area contributed by atoms with Crippen LogP contribution >= 0.6 is 0 Å². The predicted octanol–water partition coefficient (Wildman–Crippen LogP) is 3.06. The van der Waals surface area contributed by atoms with E-state index in [4.69, 9.17) is 0 Å². The Morgan fingerprint density at radius 3 is 2.26 bits per heavy atom. The molecule has 23 heavy (non-hydrogen) atoms. The molecule has 124 valence electrons. The maximum Gasteiger partial charge on any atom is 0.331 e. The average Bonchev–Trinajstić information content (AvgIpc) is 2.46. The van der Waals surface area contributed by atoms with E-state index < -0.39 is 17.8 Å². The molecule has 2 unspecified atom stereocenters. The van der Waals surface area contributed by atoms with Gasteiger partial charge in [-0.05, 0) is 37.2 Å². The molecule has 0 radical (unpaired) electrons. The zero-order valence-corrected chi connectivity index (χ0v) is 13.9. The highest BCUT2D eigenvalue weighted by molar-refractivity contribution is 6.14. The second-order valence-electron chi connectivity index (χ2n) is 6.62. The molecule has 0 saturated carbocycles. The number of carbonyl (C=O) groups excluding carboxylic acids is 3. The molecule has 1 aliphatic rings. The minimum Gasteiger partial charge on any atom is -0.277 e. The molecule has 1 aliphatic heterocycles. The summed E-state index contributed by atoms with van der Waals surface area (Å²) in [6.45, 7) is 6.19. The molecule has 0 aliphatic carbocycles. The van der Waals surface area contributed by atoms with Gasteiger partial charge in [0.15, 0.2) is 0 Å². The fraction of sp³-hybridized carbons (Fsp3) is 0.500. The molecule has 1 heterocycles. The van der Waals surface area contributed by atoms with Crippen LogP contribution in [0.2, 0.25) is 0 Å². The molecular formula is C18H24N2O3. The van der Waals surface area contributed by atoms with Crippen LogP contribution in [0.15, 0.2) is 30.3 Å². The third-order valence-corrected chi connectivity index (χ3v) is 4.14. The van der Waals surface area contributed by atoms with Crippen molar-refractivity contribution in [3.05, 3.63) is 35.9 Å². The van der Waals surface area contributed by atoms with E-state index in [0.717, 1.165) is 6.42 Å². The lowest BCUT2D eigenvalue weighted by atomic mass is 9.85. The molecule has 4 amide bonds. The molecule has 5 nitrogen and oxygen atoms in total. The molecule has 1 fully saturated rings. The molecule has 0 aromatic heterocycles. The van der Waals surface area contributed by atoms with Crippen molar-refractivity contribution in [2.24, 2.45) is 5.92 Å². The molecule has 0 spiro atoms. The van der Waals surface area contributed by atoms with Gasteiger partial charge in [-0.25, -0.2) is 4.79 Å². The minimum atomic E-state index is -0.602. The van der Waals surface area contributed by atoms with Crippen molar-refractivity contribution >= 4 is 17.8 Å². The number of rotatable bonds is 6. The van der Waals surface area contributed by atoms with Crippen molar-refractivity contribution in [1.29, 1.82) is 0 Å². The van der Waals surface area contributed by atoms with Crippen molar-refractivity contribution in [1.82, 2.24) is 10.2 Å². The molecule has 1 aromatic carbocycles. The van der Waals surface area contributed by atoms with Crippen LogP contribution in [0.1, 0.15) is 51.5 Å². The molecule has 1 saturated heterocycles. The van der Waals surface area contributed by atoms with Crippen LogP contribution < -0.4 is 5.32 Å². The summed E-state index contributed by atoms with van der Waals surface area (Å²) in [6, 6.07) is 9.31. The number of benzene rings is 1. The van der Waals surface area contributed by atoms with Crippen LogP contribution in [0.25, 0.3) is 0 Å². The van der Waals surface area contributed by atoms with Gasteiger partial charge in [0, 0.05) is 6.04 Å². The lowest BCUT2D eigenvalue weighted by Crippen LogP contribution is -2.56. The summed E-state index contributed by atoms with van der Waals surface area (Å²) in [5.74, 6) is -0.155. The van der Waals surface area contributed by atoms with Gasteiger partial charge in [0.1, 0.15) is 6.42 Å². The summed E-state index contributed by atoms with van der Waals surface area (Å²) in [6.07, 6.45) is 1.42. The second kappa shape index (κ2) is 7.40. The second-order valence-corrected chi connectivity index (χ2v) is 6.62. The Morgan fingerprint density at radius 1 is 1.04 bits per heavy atom. The van der Waals surface area contributed by atoms with E-state index in [1.165, 1.54) is 10.5 Å². The van der Waals surface area contributed by atoms with E-state index in [2.05, 4.69) is 31.3 Å². The molecule has 0 bridgehead atoms. The van der Waals surface area contributed by atoms with E-state index >= 15 is 0 Å². The predicted molar refractivity (Wildman–Crippen MR) is 87.7 cm³/mol. The van der Waals surface area contributed by atoms with Crippen molar-refractivity contribution in [2.75, 3.05) is 0 Å². The Labute approximate surface area is 137 Å². The Kier molecular flexibility index (Phi) is 5.53. The first-order valence-electron chi connectivity index (χ1n) is 8.09. The summed E-state index contributed by atoms with van der Waals surface area (Å²) in [5, 5.41) is 2.22. The maximum atomic E-state index is 12.0. The highest BCUT2D eigenvalue weighted by Gasteiger charge is 2.35. The molecule has 2 atom stereocenters. The van der Waals surface area contributed by atoms with Crippen LogP contribution in [-0.4, -0.2) is 28.8 Å². The topological polar surface area (TPSA) is 66.5 Å². The summed E-state index contributed by atoms with van der Waals surface area (Å²) < 4.78 is 0. The van der Waals surface area contributed by atoms with Crippen molar-refractivity contribution in [3.8, 4) is 0 Å². The first kappa shape index (κ1) is 17.2. The number of nitrogens with zero attached hydrogens (tertiary/aromatic N) is 1. The highest BCUT2D eigenvalue weighted by atomic mass is 16.2. The van der Waals surface area contributed by atoms with Gasteiger partial charge in [-0.15, -0.1) is 0 Å². The molecule has 1 N–H and O–H groups in total. The largest absolute Gasteiger partial charge is 0.331 e. The summed E-state index contributed by atoms with van der Waals surface area (Å²) in [4.78, 5) is 36.5. The number of imide groups is 2. The first-order valence-corrected chi connectivity index (χ1v) is 8.09. The van der Waals surface area contributed by atoms with Crippen molar-refractivity contribution in [2.45, 2.75) is 52.0 Å². The summed E-state index contributed by atoms with van der Waals surface area (Å²) in [7, 11) is 0. The van der Waals surface area contributed by atoms with E-state index in [-0.39, 0.29) is 18.4 Å². The van der Waals surface area contributed by atoms with E-state index in [1.807, 2.05) is 25.1 Å². The van der Waals surface area contributed by atoms with Crippen molar-refractivity contribution < 1.29 is 14.4 Å². The van der Waals surface area contributed by atoms with Gasteiger partial charge < -0.3 is 0 Å².